The van der Waals surface area contributed by atoms with Crippen molar-refractivity contribution in [3.05, 3.63) is 36.9 Å². The number of nitrogens with zero attached hydrogens (tertiary/aromatic N) is 1. The van der Waals surface area contributed by atoms with Crippen LogP contribution in [-0.4, -0.2) is 44.6 Å². The number of hydrogen-bond donors (Lipinski definition) is 1. The largest absolute Gasteiger partial charge is 0.494 e. The van der Waals surface area contributed by atoms with Gasteiger partial charge in [-0.3, -0.25) is 0 Å². The molecule has 0 atom stereocenters. The van der Waals surface area contributed by atoms with Gasteiger partial charge in [-0.05, 0) is 24.3 Å². The molecule has 106 valence electrons. The summed E-state index contributed by atoms with van der Waals surface area (Å²) in [6.45, 7) is 4.25. The third-order valence-electron chi connectivity index (χ3n) is 2.49. The van der Waals surface area contributed by atoms with Crippen LogP contribution >= 0.6 is 0 Å². The molecule has 1 aromatic carbocycles. The molecule has 1 aromatic rings. The molecule has 0 aliphatic heterocycles. The molecule has 1 N–H and O–H groups in total. The number of aliphatic hydroxyl groups excluding tert-OH is 1. The van der Waals surface area contributed by atoms with E-state index in [4.69, 9.17) is 9.84 Å². The fourth-order valence-electron chi connectivity index (χ4n) is 1.42. The lowest BCUT2D eigenvalue weighted by atomic mass is 10.3. The lowest BCUT2D eigenvalue weighted by Gasteiger charge is -2.15. The van der Waals surface area contributed by atoms with Crippen LogP contribution in [0.15, 0.2) is 41.8 Å². The normalized spacial score (nSPS) is 11.5. The summed E-state index contributed by atoms with van der Waals surface area (Å²) in [5.74, 6) is 0.582. The molecule has 1 rings (SSSR count). The highest BCUT2D eigenvalue weighted by Crippen LogP contribution is 2.18. The van der Waals surface area contributed by atoms with Gasteiger partial charge in [0.1, 0.15) is 5.75 Å². The highest BCUT2D eigenvalue weighted by molar-refractivity contribution is 7.89. The zero-order valence-corrected chi connectivity index (χ0v) is 11.8. The Morgan fingerprint density at radius 3 is 2.53 bits per heavy atom. The molecule has 0 bridgehead atoms. The van der Waals surface area contributed by atoms with Crippen LogP contribution in [0.1, 0.15) is 6.42 Å². The lowest BCUT2D eigenvalue weighted by molar-refractivity contribution is 0.233. The quantitative estimate of drug-likeness (QED) is 0.577. The van der Waals surface area contributed by atoms with Gasteiger partial charge >= 0.3 is 0 Å². The minimum Gasteiger partial charge on any atom is -0.494 e. The molecule has 0 saturated carbocycles. The van der Waals surface area contributed by atoms with Crippen LogP contribution in [0.25, 0.3) is 0 Å². The molecular weight excluding hydrogens is 266 g/mol. The molecule has 0 unspecified atom stereocenters. The summed E-state index contributed by atoms with van der Waals surface area (Å²) >= 11 is 0. The highest BCUT2D eigenvalue weighted by Gasteiger charge is 2.19. The third-order valence-corrected chi connectivity index (χ3v) is 4.33. The zero-order chi connectivity index (χ0) is 14.3. The first-order chi connectivity index (χ1) is 9.02. The van der Waals surface area contributed by atoms with E-state index in [0.29, 0.717) is 18.8 Å². The van der Waals surface area contributed by atoms with E-state index in [1.807, 2.05) is 0 Å². The number of hydrogen-bond acceptors (Lipinski definition) is 4. The summed E-state index contributed by atoms with van der Waals surface area (Å²) < 4.78 is 30.8. The maximum atomic E-state index is 12.1. The monoisotopic (exact) mass is 285 g/mol. The average Bonchev–Trinajstić information content (AvgIpc) is 2.40. The number of sulfonamides is 1. The van der Waals surface area contributed by atoms with Crippen molar-refractivity contribution in [2.24, 2.45) is 0 Å². The van der Waals surface area contributed by atoms with Crippen LogP contribution in [0.3, 0.4) is 0 Å². The molecule has 0 spiro atoms. The first-order valence-corrected chi connectivity index (χ1v) is 7.37. The Hall–Kier alpha value is -1.37. The molecule has 19 heavy (non-hydrogen) atoms. The van der Waals surface area contributed by atoms with Crippen molar-refractivity contribution >= 4 is 10.0 Å². The van der Waals surface area contributed by atoms with Gasteiger partial charge in [-0.15, -0.1) is 6.58 Å². The maximum absolute atomic E-state index is 12.1. The molecule has 6 heteroatoms. The Kier molecular flexibility index (Phi) is 6.01. The molecule has 0 aliphatic carbocycles. The smallest absolute Gasteiger partial charge is 0.243 e. The molecule has 0 heterocycles. The summed E-state index contributed by atoms with van der Waals surface area (Å²) in [6.07, 6.45) is 2.08. The Labute approximate surface area is 114 Å². The van der Waals surface area contributed by atoms with Crippen molar-refractivity contribution in [3.63, 3.8) is 0 Å². The van der Waals surface area contributed by atoms with Crippen LogP contribution in [0, 0.1) is 0 Å². The van der Waals surface area contributed by atoms with Gasteiger partial charge in [0.25, 0.3) is 0 Å². The van der Waals surface area contributed by atoms with Crippen LogP contribution in [-0.2, 0) is 10.0 Å². The predicted molar refractivity (Wildman–Crippen MR) is 73.7 cm³/mol. The molecule has 0 fully saturated rings. The second kappa shape index (κ2) is 7.28. The van der Waals surface area contributed by atoms with E-state index in [2.05, 4.69) is 6.58 Å². The van der Waals surface area contributed by atoms with Crippen LogP contribution in [0.4, 0.5) is 0 Å². The fraction of sp³-hybridized carbons (Fsp3) is 0.385. The molecule has 5 nitrogen and oxygen atoms in total. The topological polar surface area (TPSA) is 66.8 Å². The second-order valence-electron chi connectivity index (χ2n) is 3.97. The van der Waals surface area contributed by atoms with Crippen LogP contribution in [0.2, 0.25) is 0 Å². The van der Waals surface area contributed by atoms with E-state index >= 15 is 0 Å². The molecule has 0 radical (unpaired) electrons. The zero-order valence-electron chi connectivity index (χ0n) is 10.9. The van der Waals surface area contributed by atoms with Crippen molar-refractivity contribution in [2.45, 2.75) is 11.3 Å². The molecule has 0 saturated heterocycles. The Morgan fingerprint density at radius 1 is 1.37 bits per heavy atom. The molecular formula is C13H19NO4S. The van der Waals surface area contributed by atoms with E-state index in [-0.39, 0.29) is 18.0 Å². The summed E-state index contributed by atoms with van der Waals surface area (Å²) in [5.41, 5.74) is 0. The van der Waals surface area contributed by atoms with Crippen molar-refractivity contribution in [1.82, 2.24) is 4.31 Å². The molecule has 0 aliphatic rings. The number of aliphatic hydroxyl groups is 1. The standard InChI is InChI=1S/C13H19NO4S/c1-3-9-14(2)19(16,17)13-7-5-12(6-8-13)18-11-4-10-15/h3,5-8,15H,1,4,9-11H2,2H3. The van der Waals surface area contributed by atoms with Gasteiger partial charge in [0.15, 0.2) is 0 Å². The Balaban J connectivity index is 2.77. The minimum atomic E-state index is -3.48. The van der Waals surface area contributed by atoms with E-state index in [9.17, 15) is 8.42 Å². The van der Waals surface area contributed by atoms with Gasteiger partial charge in [-0.2, -0.15) is 4.31 Å². The van der Waals surface area contributed by atoms with Gasteiger partial charge in [0.2, 0.25) is 10.0 Å². The van der Waals surface area contributed by atoms with Gasteiger partial charge in [-0.25, -0.2) is 8.42 Å². The second-order valence-corrected chi connectivity index (χ2v) is 6.02. The molecule has 0 aromatic heterocycles. The maximum Gasteiger partial charge on any atom is 0.243 e. The van der Waals surface area contributed by atoms with Gasteiger partial charge in [0, 0.05) is 26.6 Å². The van der Waals surface area contributed by atoms with E-state index in [1.165, 1.54) is 29.6 Å². The summed E-state index contributed by atoms with van der Waals surface area (Å²) in [7, 11) is -1.97. The SMILES string of the molecule is C=CCN(C)S(=O)(=O)c1ccc(OCCCO)cc1. The summed E-state index contributed by atoms with van der Waals surface area (Å²) in [6, 6.07) is 6.21. The van der Waals surface area contributed by atoms with E-state index in [1.54, 1.807) is 12.1 Å². The minimum absolute atomic E-state index is 0.0683. The van der Waals surface area contributed by atoms with Crippen LogP contribution < -0.4 is 4.74 Å². The number of likely N-dealkylation sites (N-methyl/N-ethyl adjacent to an activating group) is 1. The highest BCUT2D eigenvalue weighted by atomic mass is 32.2. The van der Waals surface area contributed by atoms with Crippen molar-refractivity contribution < 1.29 is 18.3 Å². The number of rotatable bonds is 8. The lowest BCUT2D eigenvalue weighted by Crippen LogP contribution is -2.26. The predicted octanol–water partition coefficient (Wildman–Crippen LogP) is 1.25. The van der Waals surface area contributed by atoms with Crippen molar-refractivity contribution in [1.29, 1.82) is 0 Å². The summed E-state index contributed by atoms with van der Waals surface area (Å²) in [4.78, 5) is 0.214. The van der Waals surface area contributed by atoms with Gasteiger partial charge < -0.3 is 9.84 Å². The van der Waals surface area contributed by atoms with Crippen molar-refractivity contribution in [2.75, 3.05) is 26.8 Å². The van der Waals surface area contributed by atoms with Gasteiger partial charge in [-0.1, -0.05) is 6.08 Å². The number of ether oxygens (including phenoxy) is 1. The van der Waals surface area contributed by atoms with Crippen molar-refractivity contribution in [3.8, 4) is 5.75 Å². The average molecular weight is 285 g/mol. The van der Waals surface area contributed by atoms with E-state index < -0.39 is 10.0 Å². The first kappa shape index (κ1) is 15.7. The Morgan fingerprint density at radius 2 is 2.00 bits per heavy atom. The molecule has 0 amide bonds. The summed E-state index contributed by atoms with van der Waals surface area (Å²) in [5, 5.41) is 8.63. The van der Waals surface area contributed by atoms with Gasteiger partial charge in [0.05, 0.1) is 11.5 Å². The van der Waals surface area contributed by atoms with Crippen LogP contribution in [0.5, 0.6) is 5.75 Å². The van der Waals surface area contributed by atoms with E-state index in [0.717, 1.165) is 0 Å². The first-order valence-electron chi connectivity index (χ1n) is 5.93. The number of benzene rings is 1. The Bertz CT molecular complexity index is 496. The fourth-order valence-corrected chi connectivity index (χ4v) is 2.56. The third kappa shape index (κ3) is 4.34.